The highest BCUT2D eigenvalue weighted by Crippen LogP contribution is 2.29. The number of benzene rings is 2. The fourth-order valence-corrected chi connectivity index (χ4v) is 4.12. The van der Waals surface area contributed by atoms with Gasteiger partial charge in [0.25, 0.3) is 5.91 Å². The summed E-state index contributed by atoms with van der Waals surface area (Å²) in [5.41, 5.74) is 3.03. The van der Waals surface area contributed by atoms with Gasteiger partial charge in [-0.3, -0.25) is 9.48 Å². The standard InChI is InChI=1S/C24H19Cl4N3O3/c1-13-23(14(2)31(30-13)11-15-3-6-18(26)19(27)9-15)29-24(32)22-8-5-17(34-22)12-33-21-7-4-16(25)10-20(21)28/h3-10H,11-12H2,1-2H3,(H,29,32). The Morgan fingerprint density at radius 2 is 1.79 bits per heavy atom. The molecule has 0 aliphatic rings. The smallest absolute Gasteiger partial charge is 0.291 e. The molecule has 34 heavy (non-hydrogen) atoms. The number of aromatic nitrogens is 2. The highest BCUT2D eigenvalue weighted by atomic mass is 35.5. The lowest BCUT2D eigenvalue weighted by Crippen LogP contribution is -2.12. The zero-order valence-electron chi connectivity index (χ0n) is 18.2. The Morgan fingerprint density at radius 1 is 1.00 bits per heavy atom. The lowest BCUT2D eigenvalue weighted by Gasteiger charge is -2.08. The Balaban J connectivity index is 1.42. The number of nitrogens with zero attached hydrogens (tertiary/aromatic N) is 2. The third-order valence-corrected chi connectivity index (χ3v) is 6.36. The summed E-state index contributed by atoms with van der Waals surface area (Å²) in [5.74, 6) is 0.696. The molecular weight excluding hydrogens is 520 g/mol. The number of carbonyl (C=O) groups is 1. The summed E-state index contributed by atoms with van der Waals surface area (Å²) >= 11 is 24.1. The zero-order valence-corrected chi connectivity index (χ0v) is 21.2. The summed E-state index contributed by atoms with van der Waals surface area (Å²) in [4.78, 5) is 12.8. The fourth-order valence-electron chi connectivity index (χ4n) is 3.34. The molecule has 0 fully saturated rings. The lowest BCUT2D eigenvalue weighted by atomic mass is 10.2. The van der Waals surface area contributed by atoms with Crippen molar-refractivity contribution in [3.63, 3.8) is 0 Å². The van der Waals surface area contributed by atoms with Gasteiger partial charge in [-0.2, -0.15) is 5.10 Å². The highest BCUT2D eigenvalue weighted by molar-refractivity contribution is 6.42. The van der Waals surface area contributed by atoms with Crippen molar-refractivity contribution in [2.24, 2.45) is 0 Å². The van der Waals surface area contributed by atoms with E-state index in [1.165, 1.54) is 0 Å². The van der Waals surface area contributed by atoms with Gasteiger partial charge < -0.3 is 14.5 Å². The summed E-state index contributed by atoms with van der Waals surface area (Å²) < 4.78 is 13.1. The van der Waals surface area contributed by atoms with Gasteiger partial charge in [-0.1, -0.05) is 52.5 Å². The molecule has 0 unspecified atom stereocenters. The number of carbonyl (C=O) groups excluding carboxylic acids is 1. The van der Waals surface area contributed by atoms with E-state index >= 15 is 0 Å². The van der Waals surface area contributed by atoms with E-state index in [9.17, 15) is 4.79 Å². The van der Waals surface area contributed by atoms with E-state index in [1.54, 1.807) is 47.1 Å². The predicted molar refractivity (Wildman–Crippen MR) is 135 cm³/mol. The topological polar surface area (TPSA) is 69.3 Å². The van der Waals surface area contributed by atoms with Crippen LogP contribution >= 0.6 is 46.4 Å². The van der Waals surface area contributed by atoms with Crippen molar-refractivity contribution in [2.45, 2.75) is 27.0 Å². The number of hydrogen-bond acceptors (Lipinski definition) is 4. The normalized spacial score (nSPS) is 11.0. The van der Waals surface area contributed by atoms with Crippen molar-refractivity contribution in [2.75, 3.05) is 5.32 Å². The number of hydrogen-bond donors (Lipinski definition) is 1. The molecule has 0 saturated heterocycles. The third-order valence-electron chi connectivity index (χ3n) is 5.09. The van der Waals surface area contributed by atoms with Crippen LogP contribution in [0.15, 0.2) is 52.9 Å². The molecule has 2 aromatic carbocycles. The average molecular weight is 539 g/mol. The van der Waals surface area contributed by atoms with E-state index in [2.05, 4.69) is 10.4 Å². The zero-order chi connectivity index (χ0) is 24.4. The van der Waals surface area contributed by atoms with Gasteiger partial charge in [-0.25, -0.2) is 0 Å². The van der Waals surface area contributed by atoms with Gasteiger partial charge >= 0.3 is 0 Å². The molecule has 4 aromatic rings. The molecule has 0 atom stereocenters. The van der Waals surface area contributed by atoms with Crippen molar-refractivity contribution in [3.8, 4) is 5.75 Å². The molecule has 1 amide bonds. The van der Waals surface area contributed by atoms with Gasteiger partial charge in [-0.05, 0) is 61.9 Å². The van der Waals surface area contributed by atoms with E-state index in [0.29, 0.717) is 49.5 Å². The second-order valence-electron chi connectivity index (χ2n) is 7.54. The van der Waals surface area contributed by atoms with Crippen molar-refractivity contribution >= 4 is 58.0 Å². The van der Waals surface area contributed by atoms with Gasteiger partial charge in [0, 0.05) is 5.02 Å². The van der Waals surface area contributed by atoms with Gasteiger partial charge in [0.15, 0.2) is 5.76 Å². The van der Waals surface area contributed by atoms with Gasteiger partial charge in [0.1, 0.15) is 18.1 Å². The molecule has 0 aliphatic heterocycles. The fraction of sp³-hybridized carbons (Fsp3) is 0.167. The molecule has 4 rings (SSSR count). The van der Waals surface area contributed by atoms with E-state index in [0.717, 1.165) is 11.3 Å². The summed E-state index contributed by atoms with van der Waals surface area (Å²) in [6, 6.07) is 13.6. The monoisotopic (exact) mass is 537 g/mol. The van der Waals surface area contributed by atoms with Gasteiger partial charge in [0.05, 0.1) is 38.7 Å². The van der Waals surface area contributed by atoms with Crippen molar-refractivity contribution in [1.82, 2.24) is 9.78 Å². The summed E-state index contributed by atoms with van der Waals surface area (Å²) in [7, 11) is 0. The molecule has 0 saturated carbocycles. The number of nitrogens with one attached hydrogen (secondary N) is 1. The Bertz CT molecular complexity index is 1360. The van der Waals surface area contributed by atoms with Crippen LogP contribution < -0.4 is 10.1 Å². The average Bonchev–Trinajstić information content (AvgIpc) is 3.36. The minimum absolute atomic E-state index is 0.105. The number of rotatable bonds is 7. The summed E-state index contributed by atoms with van der Waals surface area (Å²) in [6.45, 7) is 4.29. The van der Waals surface area contributed by atoms with E-state index in [1.807, 2.05) is 19.9 Å². The largest absolute Gasteiger partial charge is 0.484 e. The van der Waals surface area contributed by atoms with Crippen LogP contribution in [-0.2, 0) is 13.2 Å². The maximum absolute atomic E-state index is 12.8. The van der Waals surface area contributed by atoms with Crippen LogP contribution in [0, 0.1) is 13.8 Å². The second kappa shape index (κ2) is 10.3. The summed E-state index contributed by atoms with van der Waals surface area (Å²) in [5, 5.41) is 9.30. The molecule has 10 heteroatoms. The number of halogens is 4. The Hall–Kier alpha value is -2.64. The number of amides is 1. The van der Waals surface area contributed by atoms with E-state index in [-0.39, 0.29) is 12.4 Å². The maximum atomic E-state index is 12.8. The highest BCUT2D eigenvalue weighted by Gasteiger charge is 2.18. The van der Waals surface area contributed by atoms with Crippen LogP contribution in [0.3, 0.4) is 0 Å². The van der Waals surface area contributed by atoms with Crippen LogP contribution in [0.1, 0.15) is 33.3 Å². The third kappa shape index (κ3) is 5.53. The molecule has 0 radical (unpaired) electrons. The van der Waals surface area contributed by atoms with E-state index < -0.39 is 5.91 Å². The Labute approximate surface area is 216 Å². The first-order valence-electron chi connectivity index (χ1n) is 10.2. The summed E-state index contributed by atoms with van der Waals surface area (Å²) in [6.07, 6.45) is 0. The van der Waals surface area contributed by atoms with Crippen molar-refractivity contribution in [3.05, 3.63) is 97.1 Å². The van der Waals surface area contributed by atoms with Crippen LogP contribution in [0.5, 0.6) is 5.75 Å². The number of ether oxygens (including phenoxy) is 1. The maximum Gasteiger partial charge on any atom is 0.291 e. The molecule has 0 bridgehead atoms. The molecule has 6 nitrogen and oxygen atoms in total. The number of furan rings is 1. The SMILES string of the molecule is Cc1nn(Cc2ccc(Cl)c(Cl)c2)c(C)c1NC(=O)c1ccc(COc2ccc(Cl)cc2Cl)o1. The second-order valence-corrected chi connectivity index (χ2v) is 9.19. The van der Waals surface area contributed by atoms with E-state index in [4.69, 9.17) is 55.6 Å². The Morgan fingerprint density at radius 3 is 2.53 bits per heavy atom. The molecule has 0 aliphatic carbocycles. The van der Waals surface area contributed by atoms with Crippen LogP contribution in [0.25, 0.3) is 0 Å². The quantitative estimate of drug-likeness (QED) is 0.263. The molecular formula is C24H19Cl4N3O3. The van der Waals surface area contributed by atoms with Crippen LogP contribution in [-0.4, -0.2) is 15.7 Å². The van der Waals surface area contributed by atoms with Crippen molar-refractivity contribution < 1.29 is 13.9 Å². The molecule has 176 valence electrons. The lowest BCUT2D eigenvalue weighted by molar-refractivity contribution is 0.0992. The Kier molecular flexibility index (Phi) is 7.43. The number of anilines is 1. The van der Waals surface area contributed by atoms with Gasteiger partial charge in [-0.15, -0.1) is 0 Å². The molecule has 2 heterocycles. The first-order chi connectivity index (χ1) is 16.2. The van der Waals surface area contributed by atoms with Crippen molar-refractivity contribution in [1.29, 1.82) is 0 Å². The molecule has 2 aromatic heterocycles. The first kappa shape index (κ1) is 24.5. The molecule has 1 N–H and O–H groups in total. The minimum Gasteiger partial charge on any atom is -0.484 e. The van der Waals surface area contributed by atoms with Crippen LogP contribution in [0.2, 0.25) is 20.1 Å². The number of aryl methyl sites for hydroxylation is 1. The minimum atomic E-state index is -0.393. The van der Waals surface area contributed by atoms with Gasteiger partial charge in [0.2, 0.25) is 0 Å². The predicted octanol–water partition coefficient (Wildman–Crippen LogP) is 7.59. The van der Waals surface area contributed by atoms with Crippen LogP contribution in [0.4, 0.5) is 5.69 Å². The molecule has 0 spiro atoms. The first-order valence-corrected chi connectivity index (χ1v) is 11.7.